The Labute approximate surface area is 191 Å². The van der Waals surface area contributed by atoms with Crippen molar-refractivity contribution >= 4 is 38.4 Å². The smallest absolute Gasteiger partial charge is 0.186 e. The minimum atomic E-state index is -0.611. The summed E-state index contributed by atoms with van der Waals surface area (Å²) in [5, 5.41) is 1.08. The first-order valence-electron chi connectivity index (χ1n) is 11.0. The van der Waals surface area contributed by atoms with Crippen LogP contribution in [-0.4, -0.2) is 16.5 Å². The monoisotopic (exact) mass is 439 g/mol. The van der Waals surface area contributed by atoms with E-state index in [9.17, 15) is 0 Å². The number of nitrogens with two attached hydrogens (primary N) is 2. The second-order valence-corrected chi connectivity index (χ2v) is 9.90. The zero-order chi connectivity index (χ0) is 21.9. The molecule has 1 aliphatic carbocycles. The largest absolute Gasteiger partial charge is 0.398 e. The predicted molar refractivity (Wildman–Crippen MR) is 133 cm³/mol. The van der Waals surface area contributed by atoms with Crippen molar-refractivity contribution in [1.29, 1.82) is 0 Å². The van der Waals surface area contributed by atoms with Crippen molar-refractivity contribution in [1.82, 2.24) is 9.97 Å². The Hall–Kier alpha value is -3.22. The number of pyridine rings is 1. The Balaban J connectivity index is 1.33. The molecule has 4 N–H and O–H groups in total. The van der Waals surface area contributed by atoms with Crippen LogP contribution in [0.5, 0.6) is 0 Å². The summed E-state index contributed by atoms with van der Waals surface area (Å²) in [5.74, 6) is 0. The van der Waals surface area contributed by atoms with Gasteiger partial charge in [0.25, 0.3) is 0 Å². The normalized spacial score (nSPS) is 19.8. The lowest BCUT2D eigenvalue weighted by atomic mass is 9.80. The van der Waals surface area contributed by atoms with Gasteiger partial charge in [-0.2, -0.15) is 0 Å². The third-order valence-electron chi connectivity index (χ3n) is 6.64. The fourth-order valence-electron chi connectivity index (χ4n) is 4.85. The van der Waals surface area contributed by atoms with Crippen LogP contribution in [0.15, 0.2) is 54.6 Å². The Morgan fingerprint density at radius 1 is 1.06 bits per heavy atom. The topological polar surface area (TPSA) is 81.1 Å². The molecule has 0 radical (unpaired) electrons. The lowest BCUT2D eigenvalue weighted by Crippen LogP contribution is -2.39. The van der Waals surface area contributed by atoms with Gasteiger partial charge < -0.3 is 16.4 Å². The summed E-state index contributed by atoms with van der Waals surface area (Å²) in [6.45, 7) is 3.87. The highest BCUT2D eigenvalue weighted by Crippen LogP contribution is 2.38. The lowest BCUT2D eigenvalue weighted by molar-refractivity contribution is 0.554. The number of nitrogens with zero attached hydrogens (tertiary/aromatic N) is 3. The van der Waals surface area contributed by atoms with Crippen molar-refractivity contribution in [3.05, 3.63) is 88.2 Å². The second-order valence-electron chi connectivity index (χ2n) is 8.89. The molecule has 0 fully saturated rings. The van der Waals surface area contributed by atoms with Gasteiger partial charge in [0, 0.05) is 36.5 Å². The molecule has 1 aliphatic heterocycles. The summed E-state index contributed by atoms with van der Waals surface area (Å²) < 4.78 is 1.16. The van der Waals surface area contributed by atoms with Crippen molar-refractivity contribution in [2.75, 3.05) is 17.2 Å². The molecule has 32 heavy (non-hydrogen) atoms. The summed E-state index contributed by atoms with van der Waals surface area (Å²) in [4.78, 5) is 11.9. The fraction of sp³-hybridized carbons (Fsp3) is 0.231. The van der Waals surface area contributed by atoms with E-state index in [1.165, 1.54) is 11.1 Å². The minimum absolute atomic E-state index is 0.611. The van der Waals surface area contributed by atoms with Crippen LogP contribution in [0.25, 0.3) is 16.3 Å². The number of hydrogen-bond acceptors (Lipinski definition) is 6. The molecule has 5 nitrogen and oxygen atoms in total. The standard InChI is InChI=1S/C26H25N5S/c1-16-12-21(27)20-14-26(28,10-8-22(20)29-16)19-6-7-23-24(13-19)32-25(30-23)31-11-9-17-4-2-3-5-18(17)15-31/h2-8,10,12-13H,9,11,14-15,28H2,1H3,(H2,27,29). The molecule has 3 heterocycles. The van der Waals surface area contributed by atoms with Crippen molar-refractivity contribution in [2.24, 2.45) is 5.73 Å². The van der Waals surface area contributed by atoms with Crippen LogP contribution in [-0.2, 0) is 24.9 Å². The Kier molecular flexibility index (Phi) is 4.35. The third kappa shape index (κ3) is 3.18. The highest BCUT2D eigenvalue weighted by molar-refractivity contribution is 7.22. The van der Waals surface area contributed by atoms with Crippen LogP contribution in [0.1, 0.15) is 33.6 Å². The molecule has 0 amide bonds. The Bertz CT molecular complexity index is 1390. The number of fused-ring (bicyclic) bond motifs is 3. The first-order valence-corrected chi connectivity index (χ1v) is 11.8. The van der Waals surface area contributed by atoms with E-state index in [0.29, 0.717) is 6.42 Å². The van der Waals surface area contributed by atoms with Crippen LogP contribution in [0.4, 0.5) is 10.8 Å². The van der Waals surface area contributed by atoms with Crippen LogP contribution < -0.4 is 16.4 Å². The molecule has 6 heteroatoms. The molecule has 1 unspecified atom stereocenters. The number of nitrogen functional groups attached to an aromatic ring is 1. The lowest BCUT2D eigenvalue weighted by Gasteiger charge is -2.31. The van der Waals surface area contributed by atoms with E-state index in [1.54, 1.807) is 11.3 Å². The Morgan fingerprint density at radius 3 is 2.78 bits per heavy atom. The van der Waals surface area contributed by atoms with Gasteiger partial charge in [0.15, 0.2) is 5.13 Å². The molecule has 0 bridgehead atoms. The van der Waals surface area contributed by atoms with Gasteiger partial charge in [-0.15, -0.1) is 0 Å². The number of hydrogen-bond donors (Lipinski definition) is 2. The zero-order valence-corrected chi connectivity index (χ0v) is 18.8. The maximum atomic E-state index is 6.90. The minimum Gasteiger partial charge on any atom is -0.398 e. The van der Waals surface area contributed by atoms with Gasteiger partial charge in [-0.1, -0.05) is 47.7 Å². The van der Waals surface area contributed by atoms with Gasteiger partial charge in [0.1, 0.15) is 0 Å². The van der Waals surface area contributed by atoms with Crippen LogP contribution in [0.3, 0.4) is 0 Å². The van der Waals surface area contributed by atoms with Crippen LogP contribution in [0.2, 0.25) is 0 Å². The second kappa shape index (κ2) is 7.15. The maximum absolute atomic E-state index is 6.90. The van der Waals surface area contributed by atoms with Crippen molar-refractivity contribution in [2.45, 2.75) is 31.8 Å². The SMILES string of the molecule is Cc1cc(N)c2c(n1)C=CC(N)(c1ccc3nc(N4CCc5ccccc5C4)sc3c1)C2. The van der Waals surface area contributed by atoms with E-state index in [2.05, 4.69) is 58.4 Å². The number of anilines is 2. The molecule has 2 aliphatic rings. The summed E-state index contributed by atoms with van der Waals surface area (Å²) in [7, 11) is 0. The van der Waals surface area contributed by atoms with Crippen molar-refractivity contribution < 1.29 is 0 Å². The molecule has 2 aromatic heterocycles. The Morgan fingerprint density at radius 2 is 1.91 bits per heavy atom. The molecule has 160 valence electrons. The van der Waals surface area contributed by atoms with E-state index in [-0.39, 0.29) is 0 Å². The molecular weight excluding hydrogens is 414 g/mol. The average Bonchev–Trinajstić information content (AvgIpc) is 3.23. The molecule has 0 saturated heterocycles. The third-order valence-corrected chi connectivity index (χ3v) is 7.72. The summed E-state index contributed by atoms with van der Waals surface area (Å²) >= 11 is 1.74. The predicted octanol–water partition coefficient (Wildman–Crippen LogP) is 4.57. The van der Waals surface area contributed by atoms with Gasteiger partial charge in [-0.25, -0.2) is 4.98 Å². The van der Waals surface area contributed by atoms with E-state index >= 15 is 0 Å². The van der Waals surface area contributed by atoms with Crippen molar-refractivity contribution in [3.8, 4) is 0 Å². The number of aryl methyl sites for hydroxylation is 1. The molecule has 4 aromatic rings. The van der Waals surface area contributed by atoms with Crippen molar-refractivity contribution in [3.63, 3.8) is 0 Å². The molecule has 6 rings (SSSR count). The quantitative estimate of drug-likeness (QED) is 0.478. The number of rotatable bonds is 2. The first-order chi connectivity index (χ1) is 15.5. The summed E-state index contributed by atoms with van der Waals surface area (Å²) in [6.07, 6.45) is 5.77. The van der Waals surface area contributed by atoms with Crippen LogP contribution in [0, 0.1) is 6.92 Å². The number of thiazole rings is 1. The van der Waals surface area contributed by atoms with E-state index in [0.717, 1.165) is 63.1 Å². The van der Waals surface area contributed by atoms with Gasteiger partial charge in [0.2, 0.25) is 0 Å². The molecule has 0 saturated carbocycles. The van der Waals surface area contributed by atoms with Crippen LogP contribution >= 0.6 is 11.3 Å². The number of benzene rings is 2. The van der Waals surface area contributed by atoms with Gasteiger partial charge in [0.05, 0.1) is 21.4 Å². The zero-order valence-electron chi connectivity index (χ0n) is 18.0. The number of aromatic nitrogens is 2. The molecule has 0 spiro atoms. The van der Waals surface area contributed by atoms with Gasteiger partial charge in [-0.05, 0) is 54.3 Å². The average molecular weight is 440 g/mol. The summed E-state index contributed by atoms with van der Waals surface area (Å²) in [5.41, 5.74) is 21.2. The summed E-state index contributed by atoms with van der Waals surface area (Å²) in [6, 6.07) is 17.0. The molecular formula is C26H25N5S. The highest BCUT2D eigenvalue weighted by Gasteiger charge is 2.31. The van der Waals surface area contributed by atoms with E-state index in [4.69, 9.17) is 16.5 Å². The molecule has 1 atom stereocenters. The molecule has 2 aromatic carbocycles. The van der Waals surface area contributed by atoms with Gasteiger partial charge in [-0.3, -0.25) is 4.98 Å². The fourth-order valence-corrected chi connectivity index (χ4v) is 5.88. The highest BCUT2D eigenvalue weighted by atomic mass is 32.1. The van der Waals surface area contributed by atoms with E-state index < -0.39 is 5.54 Å². The first kappa shape index (κ1) is 19.5. The van der Waals surface area contributed by atoms with Gasteiger partial charge >= 0.3 is 0 Å². The maximum Gasteiger partial charge on any atom is 0.186 e. The van der Waals surface area contributed by atoms with E-state index in [1.807, 2.05) is 19.1 Å².